The Kier molecular flexibility index (Phi) is 5.88. The Hall–Kier alpha value is -0.433. The molecule has 0 aromatic rings. The molecule has 0 saturated carbocycles. The van der Waals surface area contributed by atoms with E-state index in [1.807, 2.05) is 6.92 Å². The van der Waals surface area contributed by atoms with Crippen LogP contribution < -0.4 is 0 Å². The highest BCUT2D eigenvalue weighted by atomic mass is 28.4. The summed E-state index contributed by atoms with van der Waals surface area (Å²) in [4.78, 5) is 10.7. The third-order valence-corrected chi connectivity index (χ3v) is 3.68. The molecule has 0 aliphatic carbocycles. The van der Waals surface area contributed by atoms with E-state index < -0.39 is 14.8 Å². The van der Waals surface area contributed by atoms with Crippen LogP contribution in [0.3, 0.4) is 0 Å². The Morgan fingerprint density at radius 3 is 2.31 bits per heavy atom. The predicted molar refractivity (Wildman–Crippen MR) is 48.2 cm³/mol. The average molecular weight is 208 g/mol. The Labute approximate surface area is 79.3 Å². The number of hydrogen-bond acceptors (Lipinski definition) is 5. The van der Waals surface area contributed by atoms with Crippen LogP contribution in [0.2, 0.25) is 6.55 Å². The summed E-state index contributed by atoms with van der Waals surface area (Å²) >= 11 is 0. The molecular formula is C7H16O5Si. The minimum absolute atomic E-state index is 0.132. The summed E-state index contributed by atoms with van der Waals surface area (Å²) < 4.78 is 19.9. The lowest BCUT2D eigenvalue weighted by molar-refractivity contribution is -0.144. The number of carbonyl (C=O) groups excluding carboxylic acids is 1. The summed E-state index contributed by atoms with van der Waals surface area (Å²) in [5.41, 5.74) is 0. The molecule has 0 amide bonds. The van der Waals surface area contributed by atoms with Crippen molar-refractivity contribution in [3.63, 3.8) is 0 Å². The van der Waals surface area contributed by atoms with Crippen molar-refractivity contribution in [2.24, 2.45) is 0 Å². The molecule has 1 unspecified atom stereocenters. The SMILES string of the molecule is CCO[Si](C)(OC)OCC(=O)OC. The van der Waals surface area contributed by atoms with E-state index in [0.717, 1.165) is 0 Å². The van der Waals surface area contributed by atoms with Crippen molar-refractivity contribution >= 4 is 14.8 Å². The topological polar surface area (TPSA) is 54.0 Å². The lowest BCUT2D eigenvalue weighted by Crippen LogP contribution is -2.42. The minimum Gasteiger partial charge on any atom is -0.467 e. The van der Waals surface area contributed by atoms with E-state index in [2.05, 4.69) is 4.74 Å². The van der Waals surface area contributed by atoms with Crippen molar-refractivity contribution in [1.82, 2.24) is 0 Å². The first-order valence-corrected chi connectivity index (χ1v) is 6.20. The zero-order valence-electron chi connectivity index (χ0n) is 8.46. The molecule has 6 heteroatoms. The average Bonchev–Trinajstić information content (AvgIpc) is 2.15. The second-order valence-electron chi connectivity index (χ2n) is 2.36. The van der Waals surface area contributed by atoms with Crippen molar-refractivity contribution in [3.8, 4) is 0 Å². The normalized spacial score (nSPS) is 15.1. The van der Waals surface area contributed by atoms with Gasteiger partial charge in [-0.15, -0.1) is 0 Å². The van der Waals surface area contributed by atoms with E-state index in [9.17, 15) is 4.79 Å². The van der Waals surface area contributed by atoms with Gasteiger partial charge in [-0.2, -0.15) is 0 Å². The van der Waals surface area contributed by atoms with Crippen LogP contribution in [0.15, 0.2) is 0 Å². The summed E-state index contributed by atoms with van der Waals surface area (Å²) in [5.74, 6) is -0.435. The fourth-order valence-electron chi connectivity index (χ4n) is 0.671. The van der Waals surface area contributed by atoms with Crippen molar-refractivity contribution in [3.05, 3.63) is 0 Å². The number of carbonyl (C=O) groups is 1. The minimum atomic E-state index is -2.60. The van der Waals surface area contributed by atoms with Crippen molar-refractivity contribution in [1.29, 1.82) is 0 Å². The second kappa shape index (κ2) is 6.09. The summed E-state index contributed by atoms with van der Waals surface area (Å²) in [5, 5.41) is 0. The zero-order valence-corrected chi connectivity index (χ0v) is 9.46. The van der Waals surface area contributed by atoms with Crippen molar-refractivity contribution in [2.75, 3.05) is 27.4 Å². The van der Waals surface area contributed by atoms with Crippen LogP contribution in [0.1, 0.15) is 6.92 Å². The molecule has 0 radical (unpaired) electrons. The van der Waals surface area contributed by atoms with Gasteiger partial charge in [-0.25, -0.2) is 4.79 Å². The zero-order chi connectivity index (χ0) is 10.3. The molecule has 0 aliphatic rings. The number of methoxy groups -OCH3 is 1. The molecule has 0 aromatic heterocycles. The first kappa shape index (κ1) is 12.6. The second-order valence-corrected chi connectivity index (χ2v) is 5.07. The van der Waals surface area contributed by atoms with E-state index in [-0.39, 0.29) is 6.61 Å². The van der Waals surface area contributed by atoms with Gasteiger partial charge in [-0.05, 0) is 6.92 Å². The third-order valence-electron chi connectivity index (χ3n) is 1.46. The molecular weight excluding hydrogens is 192 g/mol. The van der Waals surface area contributed by atoms with E-state index in [1.54, 1.807) is 6.55 Å². The Morgan fingerprint density at radius 2 is 1.92 bits per heavy atom. The van der Waals surface area contributed by atoms with Gasteiger partial charge in [0.25, 0.3) is 0 Å². The molecule has 0 spiro atoms. The Morgan fingerprint density at radius 1 is 1.31 bits per heavy atom. The number of hydrogen-bond donors (Lipinski definition) is 0. The van der Waals surface area contributed by atoms with Crippen LogP contribution >= 0.6 is 0 Å². The lowest BCUT2D eigenvalue weighted by atomic mass is 10.8. The Balaban J connectivity index is 3.89. The molecule has 0 fully saturated rings. The first-order chi connectivity index (χ1) is 6.08. The summed E-state index contributed by atoms with van der Waals surface area (Å²) in [7, 11) is 0.200. The molecule has 0 heterocycles. The maximum absolute atomic E-state index is 10.7. The van der Waals surface area contributed by atoms with E-state index in [1.165, 1.54) is 14.2 Å². The standard InChI is InChI=1S/C7H16O5Si/c1-5-11-13(4,10-3)12-6-7(8)9-2/h5-6H2,1-4H3. The van der Waals surface area contributed by atoms with Crippen LogP contribution in [0, 0.1) is 0 Å². The van der Waals surface area contributed by atoms with Gasteiger partial charge in [0.1, 0.15) is 6.61 Å². The Bertz CT molecular complexity index is 163. The van der Waals surface area contributed by atoms with Crippen LogP contribution in [0.5, 0.6) is 0 Å². The van der Waals surface area contributed by atoms with Gasteiger partial charge in [-0.1, -0.05) is 0 Å². The molecule has 0 aliphatic heterocycles. The number of rotatable bonds is 6. The largest absolute Gasteiger partial charge is 0.497 e. The third kappa shape index (κ3) is 4.99. The van der Waals surface area contributed by atoms with Crippen LogP contribution in [-0.4, -0.2) is 42.2 Å². The van der Waals surface area contributed by atoms with Crippen molar-refractivity contribution < 1.29 is 22.8 Å². The van der Waals surface area contributed by atoms with E-state index >= 15 is 0 Å². The summed E-state index contributed by atoms with van der Waals surface area (Å²) in [6.45, 7) is 3.93. The molecule has 0 rings (SSSR count). The molecule has 0 aromatic carbocycles. The molecule has 5 nitrogen and oxygen atoms in total. The van der Waals surface area contributed by atoms with Gasteiger partial charge in [0.15, 0.2) is 0 Å². The highest BCUT2D eigenvalue weighted by Gasteiger charge is 2.33. The van der Waals surface area contributed by atoms with Gasteiger partial charge in [0, 0.05) is 20.3 Å². The highest BCUT2D eigenvalue weighted by Crippen LogP contribution is 2.07. The molecule has 1 atom stereocenters. The first-order valence-electron chi connectivity index (χ1n) is 3.98. The molecule has 78 valence electrons. The molecule has 0 saturated heterocycles. The molecule has 0 N–H and O–H groups in total. The van der Waals surface area contributed by atoms with Gasteiger partial charge in [0.05, 0.1) is 7.11 Å². The summed E-state index contributed by atoms with van der Waals surface area (Å²) in [6.07, 6.45) is 0. The maximum Gasteiger partial charge on any atom is 0.497 e. The van der Waals surface area contributed by atoms with Crippen LogP contribution in [0.25, 0.3) is 0 Å². The number of esters is 1. The molecule has 13 heavy (non-hydrogen) atoms. The van der Waals surface area contributed by atoms with Crippen LogP contribution in [-0.2, 0) is 22.8 Å². The lowest BCUT2D eigenvalue weighted by Gasteiger charge is -2.22. The van der Waals surface area contributed by atoms with Gasteiger partial charge in [0.2, 0.25) is 0 Å². The molecule has 0 bridgehead atoms. The smallest absolute Gasteiger partial charge is 0.467 e. The van der Waals surface area contributed by atoms with Gasteiger partial charge < -0.3 is 18.0 Å². The quantitative estimate of drug-likeness (QED) is 0.468. The van der Waals surface area contributed by atoms with E-state index in [4.69, 9.17) is 13.3 Å². The van der Waals surface area contributed by atoms with Crippen LogP contribution in [0.4, 0.5) is 0 Å². The van der Waals surface area contributed by atoms with Crippen molar-refractivity contribution in [2.45, 2.75) is 13.5 Å². The van der Waals surface area contributed by atoms with Gasteiger partial charge in [-0.3, -0.25) is 0 Å². The monoisotopic (exact) mass is 208 g/mol. The summed E-state index contributed by atoms with van der Waals surface area (Å²) in [6, 6.07) is 0. The van der Waals surface area contributed by atoms with E-state index in [0.29, 0.717) is 6.61 Å². The maximum atomic E-state index is 10.7. The fraction of sp³-hybridized carbons (Fsp3) is 0.857. The predicted octanol–water partition coefficient (Wildman–Crippen LogP) is 0.428. The number of ether oxygens (including phenoxy) is 1. The van der Waals surface area contributed by atoms with Gasteiger partial charge >= 0.3 is 14.8 Å². The fourth-order valence-corrected chi connectivity index (χ4v) is 1.89. The highest BCUT2D eigenvalue weighted by molar-refractivity contribution is 6.59.